The second kappa shape index (κ2) is 11.4. The fourth-order valence-electron chi connectivity index (χ4n) is 3.61. The Kier molecular flexibility index (Phi) is 9.06. The quantitative estimate of drug-likeness (QED) is 0.515. The lowest BCUT2D eigenvalue weighted by Gasteiger charge is -2.44. The van der Waals surface area contributed by atoms with Crippen molar-refractivity contribution in [1.82, 2.24) is 15.4 Å². The zero-order valence-electron chi connectivity index (χ0n) is 22.0. The van der Waals surface area contributed by atoms with Crippen molar-refractivity contribution in [2.45, 2.75) is 84.8 Å². The van der Waals surface area contributed by atoms with Crippen LogP contribution >= 0.6 is 0 Å². The van der Waals surface area contributed by atoms with Crippen molar-refractivity contribution in [3.8, 4) is 5.75 Å². The third-order valence-corrected chi connectivity index (χ3v) is 5.68. The molecule has 1 heterocycles. The molecular formula is C26H38N4O5. The van der Waals surface area contributed by atoms with Gasteiger partial charge in [-0.25, -0.2) is 0 Å². The molecule has 0 aliphatic carbocycles. The van der Waals surface area contributed by atoms with Crippen molar-refractivity contribution in [3.05, 3.63) is 41.7 Å². The summed E-state index contributed by atoms with van der Waals surface area (Å²) in [4.78, 5) is 41.2. The summed E-state index contributed by atoms with van der Waals surface area (Å²) in [6, 6.07) is 7.82. The van der Waals surface area contributed by atoms with Gasteiger partial charge in [0.05, 0.1) is 7.11 Å². The molecule has 1 aromatic heterocycles. The number of aromatic nitrogens is 1. The summed E-state index contributed by atoms with van der Waals surface area (Å²) in [6.45, 7) is 13.2. The molecule has 1 aromatic carbocycles. The zero-order valence-corrected chi connectivity index (χ0v) is 22.0. The van der Waals surface area contributed by atoms with Gasteiger partial charge in [-0.05, 0) is 65.7 Å². The first-order valence-electron chi connectivity index (χ1n) is 11.8. The summed E-state index contributed by atoms with van der Waals surface area (Å²) in [5.74, 6) is 0.566. The van der Waals surface area contributed by atoms with Gasteiger partial charge in [0.25, 0.3) is 0 Å². The van der Waals surface area contributed by atoms with Crippen LogP contribution in [0.25, 0.3) is 0 Å². The minimum Gasteiger partial charge on any atom is -0.497 e. The van der Waals surface area contributed by atoms with Crippen molar-refractivity contribution < 1.29 is 23.6 Å². The number of methoxy groups -OCH3 is 1. The van der Waals surface area contributed by atoms with E-state index in [9.17, 15) is 14.4 Å². The van der Waals surface area contributed by atoms with E-state index < -0.39 is 17.1 Å². The van der Waals surface area contributed by atoms with Crippen LogP contribution in [-0.4, -0.2) is 46.0 Å². The van der Waals surface area contributed by atoms with E-state index in [4.69, 9.17) is 9.26 Å². The van der Waals surface area contributed by atoms with Gasteiger partial charge in [0.1, 0.15) is 17.6 Å². The average molecular weight is 487 g/mol. The summed E-state index contributed by atoms with van der Waals surface area (Å²) in [5.41, 5.74) is -0.496. The molecule has 192 valence electrons. The molecule has 1 atom stereocenters. The van der Waals surface area contributed by atoms with E-state index in [-0.39, 0.29) is 30.6 Å². The Bertz CT molecular complexity index is 1020. The highest BCUT2D eigenvalue weighted by Gasteiger charge is 2.40. The topological polar surface area (TPSA) is 114 Å². The smallest absolute Gasteiger partial charge is 0.247 e. The molecule has 3 amide bonds. The monoisotopic (exact) mass is 486 g/mol. The number of amides is 3. The van der Waals surface area contributed by atoms with Gasteiger partial charge in [-0.2, -0.15) is 0 Å². The maximum absolute atomic E-state index is 13.6. The zero-order chi connectivity index (χ0) is 26.4. The van der Waals surface area contributed by atoms with Crippen LogP contribution in [-0.2, 0) is 14.4 Å². The van der Waals surface area contributed by atoms with Crippen molar-refractivity contribution in [2.75, 3.05) is 12.4 Å². The number of carbonyl (C=O) groups is 3. The van der Waals surface area contributed by atoms with E-state index in [1.165, 1.54) is 0 Å². The molecule has 0 bridgehead atoms. The van der Waals surface area contributed by atoms with Crippen LogP contribution in [0.2, 0.25) is 0 Å². The van der Waals surface area contributed by atoms with E-state index >= 15 is 0 Å². The molecular weight excluding hydrogens is 448 g/mol. The summed E-state index contributed by atoms with van der Waals surface area (Å²) >= 11 is 0. The fraction of sp³-hybridized carbons (Fsp3) is 0.538. The third kappa shape index (κ3) is 7.83. The average Bonchev–Trinajstić information content (AvgIpc) is 3.18. The Morgan fingerprint density at radius 2 is 1.71 bits per heavy atom. The molecule has 0 radical (unpaired) electrons. The number of nitrogens with zero attached hydrogens (tertiary/aromatic N) is 2. The van der Waals surface area contributed by atoms with Crippen LogP contribution in [0.1, 0.15) is 78.2 Å². The Morgan fingerprint density at radius 1 is 1.09 bits per heavy atom. The molecule has 2 rings (SSSR count). The fourth-order valence-corrected chi connectivity index (χ4v) is 3.61. The molecule has 9 nitrogen and oxygen atoms in total. The van der Waals surface area contributed by atoms with E-state index in [1.807, 2.05) is 41.5 Å². The van der Waals surface area contributed by atoms with Gasteiger partial charge in [0, 0.05) is 30.0 Å². The molecule has 35 heavy (non-hydrogen) atoms. The summed E-state index contributed by atoms with van der Waals surface area (Å²) < 4.78 is 10.2. The number of nitrogens with one attached hydrogen (secondary N) is 2. The number of aryl methyl sites for hydroxylation is 1. The SMILES string of the molecule is CCC(C)(C)N(C(=O)CCC(=O)Nc1cc(C)on1)C(C(=O)NC(C)(C)C)c1ccc(OC)cc1. The predicted octanol–water partition coefficient (Wildman–Crippen LogP) is 4.38. The number of carbonyl (C=O) groups excluding carboxylic acids is 3. The number of benzene rings is 1. The number of rotatable bonds is 10. The lowest BCUT2D eigenvalue weighted by atomic mass is 9.92. The number of hydrogen-bond donors (Lipinski definition) is 2. The molecule has 9 heteroatoms. The Morgan fingerprint density at radius 3 is 2.20 bits per heavy atom. The standard InChI is InChI=1S/C26H38N4O5/c1-9-26(6,7)30(22(32)15-14-21(31)27-20-16-17(2)35-29-20)23(24(33)28-25(3,4)5)18-10-12-19(34-8)13-11-18/h10-13,16,23H,9,14-15H2,1-8H3,(H,28,33)(H,27,29,31). The minimum atomic E-state index is -0.885. The molecule has 0 aliphatic rings. The van der Waals surface area contributed by atoms with Gasteiger partial charge in [-0.15, -0.1) is 0 Å². The summed E-state index contributed by atoms with van der Waals surface area (Å²) in [7, 11) is 1.57. The molecule has 0 spiro atoms. The predicted molar refractivity (Wildman–Crippen MR) is 134 cm³/mol. The van der Waals surface area contributed by atoms with Gasteiger partial charge in [-0.1, -0.05) is 24.2 Å². The maximum atomic E-state index is 13.6. The van der Waals surface area contributed by atoms with E-state index in [0.29, 0.717) is 29.3 Å². The van der Waals surface area contributed by atoms with Crippen LogP contribution in [0.15, 0.2) is 34.9 Å². The van der Waals surface area contributed by atoms with Crippen molar-refractivity contribution in [1.29, 1.82) is 0 Å². The minimum absolute atomic E-state index is 0.0583. The second-order valence-corrected chi connectivity index (χ2v) is 10.2. The van der Waals surface area contributed by atoms with Gasteiger partial charge in [-0.3, -0.25) is 14.4 Å². The molecule has 0 saturated carbocycles. The summed E-state index contributed by atoms with van der Waals surface area (Å²) in [6.07, 6.45) is 0.484. The summed E-state index contributed by atoms with van der Waals surface area (Å²) in [5, 5.41) is 9.39. The second-order valence-electron chi connectivity index (χ2n) is 10.2. The Labute approximate surface area is 207 Å². The molecule has 1 unspecified atom stereocenters. The van der Waals surface area contributed by atoms with Crippen LogP contribution in [0.5, 0.6) is 5.75 Å². The molecule has 2 N–H and O–H groups in total. The van der Waals surface area contributed by atoms with Crippen molar-refractivity contribution in [2.24, 2.45) is 0 Å². The highest BCUT2D eigenvalue weighted by Crippen LogP contribution is 2.33. The first-order chi connectivity index (χ1) is 16.3. The highest BCUT2D eigenvalue weighted by atomic mass is 16.5. The number of ether oxygens (including phenoxy) is 1. The van der Waals surface area contributed by atoms with Gasteiger partial charge >= 0.3 is 0 Å². The maximum Gasteiger partial charge on any atom is 0.247 e. The first-order valence-corrected chi connectivity index (χ1v) is 11.8. The molecule has 2 aromatic rings. The van der Waals surface area contributed by atoms with Crippen LogP contribution < -0.4 is 15.4 Å². The number of anilines is 1. The third-order valence-electron chi connectivity index (χ3n) is 5.68. The van der Waals surface area contributed by atoms with Gasteiger partial charge < -0.3 is 24.8 Å². The Hall–Kier alpha value is -3.36. The van der Waals surface area contributed by atoms with Crippen LogP contribution in [0, 0.1) is 6.92 Å². The highest BCUT2D eigenvalue weighted by molar-refractivity contribution is 5.94. The normalized spacial score (nSPS) is 12.6. The molecule has 0 saturated heterocycles. The van der Waals surface area contributed by atoms with Crippen molar-refractivity contribution >= 4 is 23.5 Å². The Balaban J connectivity index is 2.36. The number of hydrogen-bond acceptors (Lipinski definition) is 6. The van der Waals surface area contributed by atoms with E-state index in [2.05, 4.69) is 15.8 Å². The molecule has 0 fully saturated rings. The van der Waals surface area contributed by atoms with Crippen molar-refractivity contribution in [3.63, 3.8) is 0 Å². The largest absolute Gasteiger partial charge is 0.497 e. The van der Waals surface area contributed by atoms with Gasteiger partial charge in [0.15, 0.2) is 5.82 Å². The van der Waals surface area contributed by atoms with Crippen LogP contribution in [0.3, 0.4) is 0 Å². The van der Waals surface area contributed by atoms with Gasteiger partial charge in [0.2, 0.25) is 17.7 Å². The molecule has 0 aliphatic heterocycles. The van der Waals surface area contributed by atoms with E-state index in [1.54, 1.807) is 49.3 Å². The van der Waals surface area contributed by atoms with E-state index in [0.717, 1.165) is 0 Å². The van der Waals surface area contributed by atoms with Crippen LogP contribution in [0.4, 0.5) is 5.82 Å². The lowest BCUT2D eigenvalue weighted by Crippen LogP contribution is -2.55. The lowest BCUT2D eigenvalue weighted by molar-refractivity contribution is -0.148. The first kappa shape index (κ1) is 27.9.